The van der Waals surface area contributed by atoms with Gasteiger partial charge < -0.3 is 10.2 Å². The summed E-state index contributed by atoms with van der Waals surface area (Å²) in [6.45, 7) is 1.96. The highest BCUT2D eigenvalue weighted by Gasteiger charge is 2.31. The number of nitrogens with two attached hydrogens (primary N) is 1. The van der Waals surface area contributed by atoms with Crippen molar-refractivity contribution in [2.45, 2.75) is 32.0 Å². The van der Waals surface area contributed by atoms with Gasteiger partial charge in [0.05, 0.1) is 11.6 Å². The predicted octanol–water partition coefficient (Wildman–Crippen LogP) is 3.65. The fourth-order valence-corrected chi connectivity index (χ4v) is 1.71. The first kappa shape index (κ1) is 12.9. The van der Waals surface area contributed by atoms with Crippen LogP contribution < -0.4 is 5.73 Å². The van der Waals surface area contributed by atoms with E-state index >= 15 is 0 Å². The maximum absolute atomic E-state index is 12.5. The lowest BCUT2D eigenvalue weighted by Crippen LogP contribution is -2.09. The largest absolute Gasteiger partial charge is 0.439 e. The fourth-order valence-electron chi connectivity index (χ4n) is 1.71. The van der Waals surface area contributed by atoms with E-state index in [1.807, 2.05) is 6.92 Å². The molecule has 0 aliphatic heterocycles. The number of oxazole rings is 1. The number of hydrogen-bond donors (Lipinski definition) is 1. The Hall–Kier alpha value is -1.56. The summed E-state index contributed by atoms with van der Waals surface area (Å²) in [7, 11) is 0. The molecule has 1 aromatic heterocycles. The Labute approximate surface area is 102 Å². The quantitative estimate of drug-likeness (QED) is 0.914. The Morgan fingerprint density at radius 3 is 2.72 bits per heavy atom. The molecule has 98 valence electrons. The average Bonchev–Trinajstić information content (AvgIpc) is 2.70. The Morgan fingerprint density at radius 1 is 1.39 bits per heavy atom. The van der Waals surface area contributed by atoms with Crippen LogP contribution in [0.3, 0.4) is 0 Å². The van der Waals surface area contributed by atoms with Gasteiger partial charge in [0.25, 0.3) is 0 Å². The fraction of sp³-hybridized carbons (Fsp3) is 0.417. The summed E-state index contributed by atoms with van der Waals surface area (Å²) in [5.74, 6) is 0.283. The number of fused-ring (bicyclic) bond motifs is 1. The van der Waals surface area contributed by atoms with Crippen molar-refractivity contribution >= 4 is 11.1 Å². The van der Waals surface area contributed by atoms with Crippen molar-refractivity contribution in [1.29, 1.82) is 0 Å². The summed E-state index contributed by atoms with van der Waals surface area (Å²) in [5, 5.41) is 0. The summed E-state index contributed by atoms with van der Waals surface area (Å²) < 4.78 is 42.9. The molecule has 2 aromatic rings. The van der Waals surface area contributed by atoms with E-state index in [0.29, 0.717) is 12.0 Å². The van der Waals surface area contributed by atoms with E-state index in [1.165, 1.54) is 6.07 Å². The van der Waals surface area contributed by atoms with Crippen molar-refractivity contribution in [3.05, 3.63) is 29.7 Å². The lowest BCUT2D eigenvalue weighted by Gasteiger charge is -2.04. The van der Waals surface area contributed by atoms with Gasteiger partial charge in [-0.3, -0.25) is 0 Å². The molecule has 0 aliphatic rings. The third kappa shape index (κ3) is 2.48. The zero-order valence-corrected chi connectivity index (χ0v) is 9.79. The van der Waals surface area contributed by atoms with Crippen LogP contribution in [0.15, 0.2) is 22.6 Å². The molecule has 0 spiro atoms. The molecule has 0 aliphatic carbocycles. The van der Waals surface area contributed by atoms with Crippen molar-refractivity contribution in [2.75, 3.05) is 0 Å². The molecule has 0 saturated heterocycles. The van der Waals surface area contributed by atoms with Gasteiger partial charge in [-0.05, 0) is 24.6 Å². The SMILES string of the molecule is CCCC(N)c1nc2cc(C(F)(F)F)ccc2o1. The van der Waals surface area contributed by atoms with E-state index in [4.69, 9.17) is 10.2 Å². The molecule has 0 fully saturated rings. The van der Waals surface area contributed by atoms with Gasteiger partial charge in [0.2, 0.25) is 5.89 Å². The smallest absolute Gasteiger partial charge is 0.416 e. The second-order valence-electron chi connectivity index (χ2n) is 4.13. The number of rotatable bonds is 3. The second kappa shape index (κ2) is 4.61. The van der Waals surface area contributed by atoms with E-state index in [9.17, 15) is 13.2 Å². The van der Waals surface area contributed by atoms with Crippen LogP contribution >= 0.6 is 0 Å². The maximum Gasteiger partial charge on any atom is 0.416 e. The van der Waals surface area contributed by atoms with Gasteiger partial charge in [-0.15, -0.1) is 0 Å². The van der Waals surface area contributed by atoms with Crippen LogP contribution in [0.1, 0.15) is 37.3 Å². The van der Waals surface area contributed by atoms with Crippen LogP contribution in [0, 0.1) is 0 Å². The molecule has 3 nitrogen and oxygen atoms in total. The summed E-state index contributed by atoms with van der Waals surface area (Å²) in [5.41, 5.74) is 5.59. The molecule has 0 saturated carbocycles. The van der Waals surface area contributed by atoms with Crippen LogP contribution in [0.2, 0.25) is 0 Å². The van der Waals surface area contributed by atoms with E-state index in [-0.39, 0.29) is 17.4 Å². The number of nitrogens with zero attached hydrogens (tertiary/aromatic N) is 1. The maximum atomic E-state index is 12.5. The molecule has 0 bridgehead atoms. The van der Waals surface area contributed by atoms with Gasteiger partial charge in [0.1, 0.15) is 5.52 Å². The first-order valence-electron chi connectivity index (χ1n) is 5.65. The van der Waals surface area contributed by atoms with E-state index in [1.54, 1.807) is 0 Å². The Morgan fingerprint density at radius 2 is 2.11 bits per heavy atom. The van der Waals surface area contributed by atoms with Gasteiger partial charge in [0.15, 0.2) is 5.58 Å². The first-order valence-corrected chi connectivity index (χ1v) is 5.65. The molecular formula is C12H13F3N2O. The molecule has 1 heterocycles. The van der Waals surface area contributed by atoms with Crippen molar-refractivity contribution in [3.63, 3.8) is 0 Å². The molecule has 2 rings (SSSR count). The number of halogens is 3. The van der Waals surface area contributed by atoms with Gasteiger partial charge >= 0.3 is 6.18 Å². The highest BCUT2D eigenvalue weighted by Crippen LogP contribution is 2.32. The molecule has 1 unspecified atom stereocenters. The molecule has 18 heavy (non-hydrogen) atoms. The second-order valence-corrected chi connectivity index (χ2v) is 4.13. The molecule has 2 N–H and O–H groups in total. The highest BCUT2D eigenvalue weighted by molar-refractivity contribution is 5.73. The predicted molar refractivity (Wildman–Crippen MR) is 60.8 cm³/mol. The lowest BCUT2D eigenvalue weighted by atomic mass is 10.2. The number of hydrogen-bond acceptors (Lipinski definition) is 3. The van der Waals surface area contributed by atoms with Gasteiger partial charge in [-0.1, -0.05) is 13.3 Å². The Bertz CT molecular complexity index is 548. The molecule has 0 amide bonds. The average molecular weight is 258 g/mol. The van der Waals surface area contributed by atoms with Crippen LogP contribution in [-0.2, 0) is 6.18 Å². The normalized spacial score (nSPS) is 14.1. The van der Waals surface area contributed by atoms with Crippen molar-refractivity contribution < 1.29 is 17.6 Å². The molecular weight excluding hydrogens is 245 g/mol. The van der Waals surface area contributed by atoms with Crippen LogP contribution in [-0.4, -0.2) is 4.98 Å². The molecule has 0 radical (unpaired) electrons. The summed E-state index contributed by atoms with van der Waals surface area (Å²) >= 11 is 0. The first-order chi connectivity index (χ1) is 8.41. The van der Waals surface area contributed by atoms with Crippen molar-refractivity contribution in [3.8, 4) is 0 Å². The van der Waals surface area contributed by atoms with Gasteiger partial charge in [-0.25, -0.2) is 4.98 Å². The number of aromatic nitrogens is 1. The van der Waals surface area contributed by atoms with E-state index in [0.717, 1.165) is 18.6 Å². The van der Waals surface area contributed by atoms with E-state index in [2.05, 4.69) is 4.98 Å². The zero-order valence-electron chi connectivity index (χ0n) is 9.79. The zero-order chi connectivity index (χ0) is 13.3. The summed E-state index contributed by atoms with van der Waals surface area (Å²) in [4.78, 5) is 4.01. The number of alkyl halides is 3. The minimum atomic E-state index is -4.38. The Kier molecular flexibility index (Phi) is 3.30. The lowest BCUT2D eigenvalue weighted by molar-refractivity contribution is -0.137. The Balaban J connectivity index is 2.40. The van der Waals surface area contributed by atoms with Crippen molar-refractivity contribution in [2.24, 2.45) is 5.73 Å². The van der Waals surface area contributed by atoms with Crippen molar-refractivity contribution in [1.82, 2.24) is 4.98 Å². The monoisotopic (exact) mass is 258 g/mol. The third-order valence-corrected chi connectivity index (χ3v) is 2.65. The summed E-state index contributed by atoms with van der Waals surface area (Å²) in [6.07, 6.45) is -2.84. The standard InChI is InChI=1S/C12H13F3N2O/c1-2-3-8(16)11-17-9-6-7(12(13,14)15)4-5-10(9)18-11/h4-6,8H,2-3,16H2,1H3. The van der Waals surface area contributed by atoms with Crippen LogP contribution in [0.4, 0.5) is 13.2 Å². The van der Waals surface area contributed by atoms with Crippen LogP contribution in [0.25, 0.3) is 11.1 Å². The minimum absolute atomic E-state index is 0.186. The van der Waals surface area contributed by atoms with Gasteiger partial charge in [0, 0.05) is 0 Å². The minimum Gasteiger partial charge on any atom is -0.439 e. The topological polar surface area (TPSA) is 52.0 Å². The molecule has 1 atom stereocenters. The van der Waals surface area contributed by atoms with Gasteiger partial charge in [-0.2, -0.15) is 13.2 Å². The highest BCUT2D eigenvalue weighted by atomic mass is 19.4. The molecule has 6 heteroatoms. The number of benzene rings is 1. The van der Waals surface area contributed by atoms with E-state index < -0.39 is 11.7 Å². The summed E-state index contributed by atoms with van der Waals surface area (Å²) in [6, 6.07) is 2.84. The molecule has 1 aromatic carbocycles. The third-order valence-electron chi connectivity index (χ3n) is 2.65. The van der Waals surface area contributed by atoms with Crippen LogP contribution in [0.5, 0.6) is 0 Å².